The van der Waals surface area contributed by atoms with Gasteiger partial charge in [-0.15, -0.1) is 0 Å². The Balaban J connectivity index is 4.33. The summed E-state index contributed by atoms with van der Waals surface area (Å²) in [5, 5.41) is 18.4. The molecule has 0 amide bonds. The van der Waals surface area contributed by atoms with Crippen LogP contribution in [-0.2, 0) is 32.7 Å². The fourth-order valence-corrected chi connectivity index (χ4v) is 6.53. The maximum absolute atomic E-state index is 12.6. The zero-order valence-corrected chi connectivity index (χ0v) is 38.7. The number of phosphoric ester groups is 1. The number of phosphoric acid groups is 1. The average Bonchev–Trinajstić information content (AvgIpc) is 3.25. The van der Waals surface area contributed by atoms with Gasteiger partial charge in [0.25, 0.3) is 0 Å². The van der Waals surface area contributed by atoms with E-state index in [1.807, 2.05) is 0 Å². The van der Waals surface area contributed by atoms with Crippen LogP contribution >= 0.6 is 7.82 Å². The van der Waals surface area contributed by atoms with E-state index < -0.39 is 51.8 Å². The first-order valence-corrected chi connectivity index (χ1v) is 24.7. The molecule has 0 radical (unpaired) electrons. The maximum atomic E-state index is 12.6. The van der Waals surface area contributed by atoms with Crippen LogP contribution < -0.4 is 0 Å². The molecule has 0 bridgehead atoms. The zero-order valence-electron chi connectivity index (χ0n) is 37.8. The van der Waals surface area contributed by atoms with Crippen molar-refractivity contribution in [1.29, 1.82) is 0 Å². The lowest BCUT2D eigenvalue weighted by Crippen LogP contribution is -2.29. The first-order chi connectivity index (χ1) is 29.7. The molecule has 3 atom stereocenters. The largest absolute Gasteiger partial charge is 0.472 e. The second-order valence-electron chi connectivity index (χ2n) is 15.0. The van der Waals surface area contributed by atoms with Crippen LogP contribution in [0.1, 0.15) is 168 Å². The number of allylic oxidation sites excluding steroid dienone is 16. The number of aliphatic hydroxyl groups is 2. The lowest BCUT2D eigenvalue weighted by atomic mass is 10.1. The predicted molar refractivity (Wildman–Crippen MR) is 251 cm³/mol. The molecule has 11 heteroatoms. The molecular weight excluding hydrogens is 792 g/mol. The van der Waals surface area contributed by atoms with Gasteiger partial charge in [0.2, 0.25) is 0 Å². The third-order valence-electron chi connectivity index (χ3n) is 9.23. The summed E-state index contributed by atoms with van der Waals surface area (Å²) in [6.45, 7) is 2.11. The van der Waals surface area contributed by atoms with Crippen molar-refractivity contribution < 1.29 is 47.8 Å². The number of carbonyl (C=O) groups excluding carboxylic acids is 2. The molecule has 3 N–H and O–H groups in total. The Morgan fingerprint density at radius 3 is 1.28 bits per heavy atom. The highest BCUT2D eigenvalue weighted by Gasteiger charge is 2.27. The zero-order chi connectivity index (χ0) is 44.8. The van der Waals surface area contributed by atoms with Crippen molar-refractivity contribution in [3.63, 3.8) is 0 Å². The van der Waals surface area contributed by atoms with Crippen LogP contribution in [0.3, 0.4) is 0 Å². The van der Waals surface area contributed by atoms with Crippen molar-refractivity contribution in [2.45, 2.75) is 180 Å². The number of aliphatic hydroxyl groups excluding tert-OH is 2. The number of ether oxygens (including phenoxy) is 2. The summed E-state index contributed by atoms with van der Waals surface area (Å²) in [5.41, 5.74) is 0. The molecule has 0 aromatic carbocycles. The van der Waals surface area contributed by atoms with E-state index in [1.54, 1.807) is 0 Å². The summed E-state index contributed by atoms with van der Waals surface area (Å²) in [6.07, 6.45) is 55.1. The Morgan fingerprint density at radius 2 is 0.852 bits per heavy atom. The van der Waals surface area contributed by atoms with Gasteiger partial charge in [-0.1, -0.05) is 162 Å². The normalized spacial score (nSPS) is 14.6. The molecule has 0 aliphatic heterocycles. The molecule has 0 rings (SSSR count). The minimum atomic E-state index is -4.64. The lowest BCUT2D eigenvalue weighted by Gasteiger charge is -2.20. The van der Waals surface area contributed by atoms with E-state index in [4.69, 9.17) is 23.6 Å². The Hall–Kier alpha value is -3.11. The minimum Gasteiger partial charge on any atom is -0.462 e. The van der Waals surface area contributed by atoms with Crippen LogP contribution in [0, 0.1) is 0 Å². The molecule has 0 aromatic rings. The van der Waals surface area contributed by atoms with Crippen molar-refractivity contribution in [1.82, 2.24) is 0 Å². The van der Waals surface area contributed by atoms with Gasteiger partial charge in [0.1, 0.15) is 12.7 Å². The van der Waals surface area contributed by atoms with Crippen LogP contribution in [-0.4, -0.2) is 65.7 Å². The summed E-state index contributed by atoms with van der Waals surface area (Å²) in [7, 11) is -4.64. The van der Waals surface area contributed by atoms with Gasteiger partial charge < -0.3 is 24.6 Å². The molecule has 0 heterocycles. The molecule has 61 heavy (non-hydrogen) atoms. The molecule has 0 saturated heterocycles. The maximum Gasteiger partial charge on any atom is 0.472 e. The first kappa shape index (κ1) is 57.9. The Morgan fingerprint density at radius 1 is 0.492 bits per heavy atom. The highest BCUT2D eigenvalue weighted by molar-refractivity contribution is 7.47. The van der Waals surface area contributed by atoms with E-state index in [0.717, 1.165) is 128 Å². The van der Waals surface area contributed by atoms with Crippen LogP contribution in [0.4, 0.5) is 0 Å². The van der Waals surface area contributed by atoms with Gasteiger partial charge in [0.15, 0.2) is 6.10 Å². The fourth-order valence-electron chi connectivity index (χ4n) is 5.74. The molecule has 0 spiro atoms. The predicted octanol–water partition coefficient (Wildman–Crippen LogP) is 12.8. The van der Waals surface area contributed by atoms with Gasteiger partial charge >= 0.3 is 19.8 Å². The standard InChI is InChI=1S/C50H83O10P/c1-3-5-7-9-11-13-15-17-19-21-23-25-27-29-31-33-35-37-39-41-49(53)57-45-48(46-59-61(55,56)58-44-47(52)43-51)60-50(54)42-40-38-36-34-32-30-28-26-24-22-20-18-16-14-12-10-8-6-4-2/h5-8,11-14,17-20,23-26,47-48,51-52H,3-4,9-10,15-16,21-22,27-46H2,1-2H3,(H,55,56)/b7-5-,8-6-,13-11-,14-12-,19-17-,20-18-,25-23-,26-24-. The number of carbonyl (C=O) groups is 2. The number of hydrogen-bond acceptors (Lipinski definition) is 9. The highest BCUT2D eigenvalue weighted by atomic mass is 31.2. The number of hydrogen-bond donors (Lipinski definition) is 3. The monoisotopic (exact) mass is 875 g/mol. The molecule has 0 aliphatic carbocycles. The van der Waals surface area contributed by atoms with Crippen LogP contribution in [0.25, 0.3) is 0 Å². The van der Waals surface area contributed by atoms with Crippen LogP contribution in [0.2, 0.25) is 0 Å². The van der Waals surface area contributed by atoms with Crippen LogP contribution in [0.15, 0.2) is 97.2 Å². The lowest BCUT2D eigenvalue weighted by molar-refractivity contribution is -0.161. The van der Waals surface area contributed by atoms with Gasteiger partial charge in [-0.05, 0) is 89.9 Å². The van der Waals surface area contributed by atoms with Gasteiger partial charge in [0.05, 0.1) is 19.8 Å². The first-order valence-electron chi connectivity index (χ1n) is 23.2. The van der Waals surface area contributed by atoms with E-state index in [-0.39, 0.29) is 19.4 Å². The molecule has 0 fully saturated rings. The molecule has 0 aliphatic rings. The topological polar surface area (TPSA) is 149 Å². The molecule has 0 aromatic heterocycles. The molecule has 3 unspecified atom stereocenters. The van der Waals surface area contributed by atoms with Gasteiger partial charge in [-0.3, -0.25) is 18.6 Å². The molecule has 10 nitrogen and oxygen atoms in total. The van der Waals surface area contributed by atoms with Crippen molar-refractivity contribution in [2.24, 2.45) is 0 Å². The quantitative estimate of drug-likeness (QED) is 0.0234. The summed E-state index contributed by atoms with van der Waals surface area (Å²) in [6, 6.07) is 0. The van der Waals surface area contributed by atoms with Crippen molar-refractivity contribution in [3.05, 3.63) is 97.2 Å². The van der Waals surface area contributed by atoms with Crippen molar-refractivity contribution in [2.75, 3.05) is 26.4 Å². The number of rotatable bonds is 42. The summed E-state index contributed by atoms with van der Waals surface area (Å²) >= 11 is 0. The van der Waals surface area contributed by atoms with Gasteiger partial charge in [-0.25, -0.2) is 4.57 Å². The van der Waals surface area contributed by atoms with E-state index in [9.17, 15) is 24.2 Å². The van der Waals surface area contributed by atoms with Gasteiger partial charge in [-0.2, -0.15) is 0 Å². The van der Waals surface area contributed by atoms with E-state index in [0.29, 0.717) is 12.8 Å². The SMILES string of the molecule is CC/C=C\C/C=C\C/C=C\C/C=C\CCCCCCCCC(=O)OCC(COP(=O)(O)OCC(O)CO)OC(=O)CCCCCCCC/C=C\C/C=C\C/C=C\C/C=C\CC. The summed E-state index contributed by atoms with van der Waals surface area (Å²) in [4.78, 5) is 35.1. The highest BCUT2D eigenvalue weighted by Crippen LogP contribution is 2.43. The Labute approximate surface area is 370 Å². The Bertz CT molecular complexity index is 1330. The third-order valence-corrected chi connectivity index (χ3v) is 10.2. The third kappa shape index (κ3) is 44.7. The summed E-state index contributed by atoms with van der Waals surface area (Å²) < 4.78 is 32.8. The van der Waals surface area contributed by atoms with Crippen molar-refractivity contribution in [3.8, 4) is 0 Å². The molecule has 348 valence electrons. The molecular formula is C50H83O10P. The van der Waals surface area contributed by atoms with Crippen molar-refractivity contribution >= 4 is 19.8 Å². The van der Waals surface area contributed by atoms with E-state index >= 15 is 0 Å². The van der Waals surface area contributed by atoms with E-state index in [2.05, 4.69) is 111 Å². The second-order valence-corrected chi connectivity index (χ2v) is 16.5. The Kier molecular flexibility index (Phi) is 42.6. The van der Waals surface area contributed by atoms with E-state index in [1.165, 1.54) is 0 Å². The average molecular weight is 875 g/mol. The van der Waals surface area contributed by atoms with Gasteiger partial charge in [0, 0.05) is 12.8 Å². The van der Waals surface area contributed by atoms with Crippen LogP contribution in [0.5, 0.6) is 0 Å². The molecule has 0 saturated carbocycles. The number of esters is 2. The smallest absolute Gasteiger partial charge is 0.462 e. The second kappa shape index (κ2) is 44.9. The number of unbranched alkanes of at least 4 members (excludes halogenated alkanes) is 12. The minimum absolute atomic E-state index is 0.159. The summed E-state index contributed by atoms with van der Waals surface area (Å²) in [5.74, 6) is -0.966. The fraction of sp³-hybridized carbons (Fsp3) is 0.640.